The lowest BCUT2D eigenvalue weighted by atomic mass is 10.0. The predicted molar refractivity (Wildman–Crippen MR) is 76.8 cm³/mol. The Morgan fingerprint density at radius 3 is 2.74 bits per heavy atom. The van der Waals surface area contributed by atoms with Gasteiger partial charge < -0.3 is 0 Å². The highest BCUT2D eigenvalue weighted by Gasteiger charge is 2.18. The first kappa shape index (κ1) is 14.4. The summed E-state index contributed by atoms with van der Waals surface area (Å²) in [5.74, 6) is 5.28. The Hall–Kier alpha value is -1.01. The van der Waals surface area contributed by atoms with E-state index in [2.05, 4.69) is 10.4 Å². The van der Waals surface area contributed by atoms with Crippen molar-refractivity contribution in [3.8, 4) is 0 Å². The molecule has 0 amide bonds. The molecule has 0 saturated carbocycles. The van der Waals surface area contributed by atoms with Crippen LogP contribution in [0.5, 0.6) is 0 Å². The molecular formula is C13H15ClFN3S. The van der Waals surface area contributed by atoms with Crippen molar-refractivity contribution in [2.45, 2.75) is 26.3 Å². The molecule has 2 rings (SSSR count). The van der Waals surface area contributed by atoms with E-state index in [1.807, 2.05) is 13.8 Å². The van der Waals surface area contributed by atoms with E-state index in [0.29, 0.717) is 17.0 Å². The summed E-state index contributed by atoms with van der Waals surface area (Å²) in [5, 5.41) is 1.37. The molecule has 1 unspecified atom stereocenters. The second kappa shape index (κ2) is 5.96. The van der Waals surface area contributed by atoms with Crippen LogP contribution < -0.4 is 11.3 Å². The number of nitrogens with two attached hydrogens (primary N) is 1. The summed E-state index contributed by atoms with van der Waals surface area (Å²) >= 11 is 7.32. The average molecular weight is 300 g/mol. The van der Waals surface area contributed by atoms with Crippen LogP contribution in [0, 0.1) is 19.7 Å². The van der Waals surface area contributed by atoms with Crippen molar-refractivity contribution >= 4 is 22.9 Å². The molecule has 1 heterocycles. The van der Waals surface area contributed by atoms with Gasteiger partial charge in [-0.2, -0.15) is 0 Å². The van der Waals surface area contributed by atoms with Crippen LogP contribution in [0.1, 0.15) is 27.2 Å². The van der Waals surface area contributed by atoms with Crippen molar-refractivity contribution in [1.82, 2.24) is 10.4 Å². The van der Waals surface area contributed by atoms with E-state index in [1.165, 1.54) is 6.07 Å². The number of aromatic nitrogens is 1. The maximum Gasteiger partial charge on any atom is 0.127 e. The third kappa shape index (κ3) is 3.30. The fourth-order valence-corrected chi connectivity index (χ4v) is 3.15. The summed E-state index contributed by atoms with van der Waals surface area (Å²) in [7, 11) is 0. The third-order valence-corrected chi connectivity index (χ3v) is 4.32. The summed E-state index contributed by atoms with van der Waals surface area (Å²) in [6.45, 7) is 3.87. The van der Waals surface area contributed by atoms with Gasteiger partial charge in [-0.1, -0.05) is 17.7 Å². The average Bonchev–Trinajstić information content (AvgIpc) is 2.68. The van der Waals surface area contributed by atoms with Crippen LogP contribution in [-0.4, -0.2) is 4.98 Å². The number of hydrazine groups is 1. The second-order valence-electron chi connectivity index (χ2n) is 4.34. The Bertz CT molecular complexity index is 585. The van der Waals surface area contributed by atoms with Crippen molar-refractivity contribution in [2.24, 2.45) is 5.84 Å². The van der Waals surface area contributed by atoms with Gasteiger partial charge in [0.05, 0.1) is 16.7 Å². The van der Waals surface area contributed by atoms with E-state index in [1.54, 1.807) is 23.5 Å². The minimum atomic E-state index is -0.313. The SMILES string of the molecule is Cc1nc(C)c(C(Cc2ccc(Cl)cc2F)NN)s1. The first-order valence-corrected chi connectivity index (χ1v) is 7.04. The van der Waals surface area contributed by atoms with Crippen LogP contribution in [0.4, 0.5) is 4.39 Å². The minimum absolute atomic E-state index is 0.151. The second-order valence-corrected chi connectivity index (χ2v) is 6.01. The quantitative estimate of drug-likeness (QED) is 0.673. The van der Waals surface area contributed by atoms with Crippen molar-refractivity contribution in [3.63, 3.8) is 0 Å². The van der Waals surface area contributed by atoms with Crippen LogP contribution in [0.25, 0.3) is 0 Å². The zero-order chi connectivity index (χ0) is 14.0. The number of nitrogens with one attached hydrogen (secondary N) is 1. The predicted octanol–water partition coefficient (Wildman–Crippen LogP) is 3.30. The van der Waals surface area contributed by atoms with Gasteiger partial charge in [-0.3, -0.25) is 11.3 Å². The van der Waals surface area contributed by atoms with Gasteiger partial charge in [-0.15, -0.1) is 11.3 Å². The molecule has 2 aromatic rings. The summed E-state index contributed by atoms with van der Waals surface area (Å²) in [5.41, 5.74) is 4.25. The monoisotopic (exact) mass is 299 g/mol. The molecule has 1 aromatic carbocycles. The van der Waals surface area contributed by atoms with E-state index in [4.69, 9.17) is 17.4 Å². The van der Waals surface area contributed by atoms with Gasteiger partial charge in [-0.05, 0) is 38.0 Å². The first-order chi connectivity index (χ1) is 9.01. The molecule has 3 N–H and O–H groups in total. The summed E-state index contributed by atoms with van der Waals surface area (Å²) < 4.78 is 13.8. The van der Waals surface area contributed by atoms with Gasteiger partial charge in [0.2, 0.25) is 0 Å². The highest BCUT2D eigenvalue weighted by molar-refractivity contribution is 7.11. The summed E-state index contributed by atoms with van der Waals surface area (Å²) in [6.07, 6.45) is 0.460. The molecule has 0 spiro atoms. The number of aryl methyl sites for hydroxylation is 2. The molecule has 0 aliphatic heterocycles. The molecule has 0 radical (unpaired) electrons. The van der Waals surface area contributed by atoms with Gasteiger partial charge >= 0.3 is 0 Å². The molecular weight excluding hydrogens is 285 g/mol. The highest BCUT2D eigenvalue weighted by atomic mass is 35.5. The zero-order valence-electron chi connectivity index (χ0n) is 10.7. The highest BCUT2D eigenvalue weighted by Crippen LogP contribution is 2.28. The zero-order valence-corrected chi connectivity index (χ0v) is 12.3. The molecule has 0 saturated heterocycles. The molecule has 1 aromatic heterocycles. The van der Waals surface area contributed by atoms with E-state index in [-0.39, 0.29) is 11.9 Å². The van der Waals surface area contributed by atoms with Crippen molar-refractivity contribution in [3.05, 3.63) is 50.2 Å². The largest absolute Gasteiger partial charge is 0.271 e. The number of nitrogens with zero attached hydrogens (tertiary/aromatic N) is 1. The molecule has 0 aliphatic rings. The molecule has 6 heteroatoms. The standard InChI is InChI=1S/C13H15ClFN3S/c1-7-13(19-8(2)17-7)12(18-16)5-9-3-4-10(14)6-11(9)15/h3-4,6,12,18H,5,16H2,1-2H3. The van der Waals surface area contributed by atoms with Crippen molar-refractivity contribution in [2.75, 3.05) is 0 Å². The lowest BCUT2D eigenvalue weighted by Gasteiger charge is -2.15. The fourth-order valence-electron chi connectivity index (χ4n) is 2.00. The van der Waals surface area contributed by atoms with Crippen LogP contribution >= 0.6 is 22.9 Å². The Labute approximate surface area is 120 Å². The van der Waals surface area contributed by atoms with E-state index in [9.17, 15) is 4.39 Å². The van der Waals surface area contributed by atoms with Crippen LogP contribution in [0.15, 0.2) is 18.2 Å². The number of halogens is 2. The molecule has 0 aliphatic carbocycles. The van der Waals surface area contributed by atoms with Gasteiger partial charge in [0, 0.05) is 9.90 Å². The number of hydrogen-bond acceptors (Lipinski definition) is 4. The van der Waals surface area contributed by atoms with E-state index in [0.717, 1.165) is 15.6 Å². The van der Waals surface area contributed by atoms with E-state index >= 15 is 0 Å². The molecule has 0 bridgehead atoms. The van der Waals surface area contributed by atoms with Crippen LogP contribution in [-0.2, 0) is 6.42 Å². The third-order valence-electron chi connectivity index (χ3n) is 2.90. The smallest absolute Gasteiger partial charge is 0.127 e. The fraction of sp³-hybridized carbons (Fsp3) is 0.308. The minimum Gasteiger partial charge on any atom is -0.271 e. The topological polar surface area (TPSA) is 50.9 Å². The Balaban J connectivity index is 2.26. The van der Waals surface area contributed by atoms with Crippen molar-refractivity contribution in [1.29, 1.82) is 0 Å². The van der Waals surface area contributed by atoms with Crippen molar-refractivity contribution < 1.29 is 4.39 Å². The number of thiazole rings is 1. The number of rotatable bonds is 4. The maximum atomic E-state index is 13.8. The number of benzene rings is 1. The van der Waals surface area contributed by atoms with Crippen LogP contribution in [0.3, 0.4) is 0 Å². The summed E-state index contributed by atoms with van der Waals surface area (Å²) in [6, 6.07) is 4.53. The lowest BCUT2D eigenvalue weighted by molar-refractivity contribution is 0.533. The van der Waals surface area contributed by atoms with Gasteiger partial charge in [0.15, 0.2) is 0 Å². The van der Waals surface area contributed by atoms with Crippen LogP contribution in [0.2, 0.25) is 5.02 Å². The van der Waals surface area contributed by atoms with Gasteiger partial charge in [0.1, 0.15) is 5.82 Å². The Morgan fingerprint density at radius 2 is 2.21 bits per heavy atom. The molecule has 102 valence electrons. The van der Waals surface area contributed by atoms with Gasteiger partial charge in [0.25, 0.3) is 0 Å². The van der Waals surface area contributed by atoms with Gasteiger partial charge in [-0.25, -0.2) is 9.37 Å². The summed E-state index contributed by atoms with van der Waals surface area (Å²) in [4.78, 5) is 5.40. The molecule has 0 fully saturated rings. The van der Waals surface area contributed by atoms with E-state index < -0.39 is 0 Å². The Kier molecular flexibility index (Phi) is 4.52. The molecule has 19 heavy (non-hydrogen) atoms. The maximum absolute atomic E-state index is 13.8. The first-order valence-electron chi connectivity index (χ1n) is 5.85. The lowest BCUT2D eigenvalue weighted by Crippen LogP contribution is -2.29. The molecule has 3 nitrogen and oxygen atoms in total. The number of hydrogen-bond donors (Lipinski definition) is 2. The Morgan fingerprint density at radius 1 is 1.47 bits per heavy atom. The molecule has 1 atom stereocenters. The normalized spacial score (nSPS) is 12.7.